The molecule has 47 heavy (non-hydrogen) atoms. The van der Waals surface area contributed by atoms with Gasteiger partial charge in [0.15, 0.2) is 0 Å². The lowest BCUT2D eigenvalue weighted by atomic mass is 9.84. The third-order valence-corrected chi connectivity index (χ3v) is 13.4. The van der Waals surface area contributed by atoms with E-state index >= 15 is 0 Å². The molecule has 2 aliphatic carbocycles. The van der Waals surface area contributed by atoms with E-state index in [4.69, 9.17) is 14.7 Å². The first-order valence-electron chi connectivity index (χ1n) is 17.9. The van der Waals surface area contributed by atoms with Crippen LogP contribution in [-0.2, 0) is 21.3 Å². The van der Waals surface area contributed by atoms with Gasteiger partial charge in [0.2, 0.25) is 10.0 Å². The number of nitrogens with zero attached hydrogens (tertiary/aromatic N) is 4. The average Bonchev–Trinajstić information content (AvgIpc) is 3.74. The number of rotatable bonds is 6. The predicted molar refractivity (Wildman–Crippen MR) is 185 cm³/mol. The standard InChI is InChI=1S/C36H55N7O3S/c1-24-8-6-9-25(2)33(24)30-15-32-40-34(39-30)41-47(44,45)29-11-7-10-26(14-29)19-42(27(21-46-32)16-36(5)12-13-36)20-31-37-17-28(18-38-31)43-22-35(3,4)23-43/h6,8-9,17-18,26-27,29-30,32,34,39-41H,7,10-16,19-23H2,1-5H3/t26?,27-,29?,30?,32?,34?/m1/s1. The van der Waals surface area contributed by atoms with Crippen LogP contribution < -0.4 is 20.3 Å². The van der Waals surface area contributed by atoms with Gasteiger partial charge >= 0.3 is 0 Å². The van der Waals surface area contributed by atoms with Crippen molar-refractivity contribution in [2.75, 3.05) is 31.1 Å². The van der Waals surface area contributed by atoms with Gasteiger partial charge in [-0.25, -0.2) is 18.4 Å². The number of hydrogen-bond donors (Lipinski definition) is 3. The Morgan fingerprint density at radius 1 is 1.00 bits per heavy atom. The lowest BCUT2D eigenvalue weighted by Crippen LogP contribution is -2.64. The second-order valence-corrected chi connectivity index (χ2v) is 18.5. The maximum absolute atomic E-state index is 13.9. The summed E-state index contributed by atoms with van der Waals surface area (Å²) in [5.41, 5.74) is 5.37. The summed E-state index contributed by atoms with van der Waals surface area (Å²) in [5.74, 6) is 1.10. The summed E-state index contributed by atoms with van der Waals surface area (Å²) in [5, 5.41) is 6.67. The molecule has 3 saturated heterocycles. The molecule has 4 heterocycles. The van der Waals surface area contributed by atoms with Gasteiger partial charge in [-0.05, 0) is 85.8 Å². The lowest BCUT2D eigenvalue weighted by molar-refractivity contribution is -0.0498. The minimum Gasteiger partial charge on any atom is -0.368 e. The second kappa shape index (κ2) is 12.9. The third kappa shape index (κ3) is 7.70. The highest BCUT2D eigenvalue weighted by Gasteiger charge is 2.43. The zero-order chi connectivity index (χ0) is 33.0. The van der Waals surface area contributed by atoms with Gasteiger partial charge in [0.05, 0.1) is 36.5 Å². The minimum absolute atomic E-state index is 0.0428. The van der Waals surface area contributed by atoms with Gasteiger partial charge in [0, 0.05) is 38.1 Å². The molecular formula is C36H55N7O3S. The molecule has 4 bridgehead atoms. The number of sulfonamides is 1. The van der Waals surface area contributed by atoms with Crippen LogP contribution in [0.4, 0.5) is 5.69 Å². The highest BCUT2D eigenvalue weighted by atomic mass is 32.2. The largest absolute Gasteiger partial charge is 0.368 e. The Bertz CT molecular complexity index is 1500. The van der Waals surface area contributed by atoms with Crippen molar-refractivity contribution in [3.63, 3.8) is 0 Å². The number of fused-ring (bicyclic) bond motifs is 4. The summed E-state index contributed by atoms with van der Waals surface area (Å²) in [6.07, 6.45) is 10.6. The molecule has 11 heteroatoms. The van der Waals surface area contributed by atoms with Crippen molar-refractivity contribution in [3.8, 4) is 0 Å². The summed E-state index contributed by atoms with van der Waals surface area (Å²) in [7, 11) is -3.58. The van der Waals surface area contributed by atoms with Crippen LogP contribution in [0.2, 0.25) is 0 Å². The van der Waals surface area contributed by atoms with E-state index in [-0.39, 0.29) is 24.2 Å². The van der Waals surface area contributed by atoms with Crippen LogP contribution in [0, 0.1) is 30.6 Å². The second-order valence-electron chi connectivity index (χ2n) is 16.5. The maximum Gasteiger partial charge on any atom is 0.216 e. The molecule has 6 atom stereocenters. The Hall–Kier alpha value is -2.15. The van der Waals surface area contributed by atoms with Crippen molar-refractivity contribution in [2.45, 2.75) is 122 Å². The van der Waals surface area contributed by atoms with E-state index < -0.39 is 21.6 Å². The zero-order valence-electron chi connectivity index (χ0n) is 29.0. The van der Waals surface area contributed by atoms with Gasteiger partial charge in [-0.1, -0.05) is 45.4 Å². The van der Waals surface area contributed by atoms with Gasteiger partial charge in [-0.15, -0.1) is 0 Å². The van der Waals surface area contributed by atoms with Crippen LogP contribution >= 0.6 is 0 Å². The van der Waals surface area contributed by atoms with E-state index in [2.05, 4.69) is 78.0 Å². The highest BCUT2D eigenvalue weighted by molar-refractivity contribution is 7.90. The number of hydrogen-bond acceptors (Lipinski definition) is 9. The number of aromatic nitrogens is 2. The van der Waals surface area contributed by atoms with E-state index in [1.165, 1.54) is 29.5 Å². The summed E-state index contributed by atoms with van der Waals surface area (Å²) >= 11 is 0. The normalized spacial score (nSPS) is 33.5. The molecule has 1 aromatic carbocycles. The molecule has 0 amide bonds. The molecule has 5 fully saturated rings. The summed E-state index contributed by atoms with van der Waals surface area (Å²) in [4.78, 5) is 14.6. The van der Waals surface area contributed by atoms with Crippen molar-refractivity contribution in [3.05, 3.63) is 53.1 Å². The maximum atomic E-state index is 13.9. The van der Waals surface area contributed by atoms with Crippen molar-refractivity contribution in [1.29, 1.82) is 0 Å². The quantitative estimate of drug-likeness (QED) is 0.403. The van der Waals surface area contributed by atoms with Gasteiger partial charge < -0.3 is 9.64 Å². The number of benzene rings is 1. The molecule has 0 radical (unpaired) electrons. The van der Waals surface area contributed by atoms with Crippen molar-refractivity contribution in [1.82, 2.24) is 30.2 Å². The Balaban J connectivity index is 1.17. The van der Waals surface area contributed by atoms with Crippen LogP contribution in [0.5, 0.6) is 0 Å². The summed E-state index contributed by atoms with van der Waals surface area (Å²) < 4.78 is 37.7. The first-order valence-corrected chi connectivity index (χ1v) is 19.4. The molecule has 2 aromatic rings. The van der Waals surface area contributed by atoms with E-state index in [0.717, 1.165) is 50.4 Å². The van der Waals surface area contributed by atoms with Gasteiger partial charge in [0.1, 0.15) is 18.3 Å². The first kappa shape index (κ1) is 33.4. The van der Waals surface area contributed by atoms with E-state index in [1.54, 1.807) is 0 Å². The fourth-order valence-corrected chi connectivity index (χ4v) is 10.3. The van der Waals surface area contributed by atoms with E-state index in [9.17, 15) is 8.42 Å². The Morgan fingerprint density at radius 2 is 1.72 bits per heavy atom. The molecule has 5 aliphatic rings. The molecular weight excluding hydrogens is 611 g/mol. The molecule has 7 rings (SSSR count). The molecule has 3 aliphatic heterocycles. The predicted octanol–water partition coefficient (Wildman–Crippen LogP) is 4.74. The summed E-state index contributed by atoms with van der Waals surface area (Å²) in [6, 6.07) is 6.49. The van der Waals surface area contributed by atoms with Crippen molar-refractivity contribution >= 4 is 15.7 Å². The minimum atomic E-state index is -3.58. The Kier molecular flexibility index (Phi) is 9.19. The van der Waals surface area contributed by atoms with Crippen LogP contribution in [-0.4, -0.2) is 73.3 Å². The third-order valence-electron chi connectivity index (χ3n) is 11.5. The zero-order valence-corrected chi connectivity index (χ0v) is 29.8. The van der Waals surface area contributed by atoms with Gasteiger partial charge in [0.25, 0.3) is 0 Å². The number of ether oxygens (including phenoxy) is 1. The fourth-order valence-electron chi connectivity index (χ4n) is 8.62. The summed E-state index contributed by atoms with van der Waals surface area (Å²) in [6.45, 7) is 15.3. The van der Waals surface area contributed by atoms with Crippen molar-refractivity contribution in [2.24, 2.45) is 16.7 Å². The van der Waals surface area contributed by atoms with Crippen LogP contribution in [0.25, 0.3) is 0 Å². The van der Waals surface area contributed by atoms with Crippen LogP contribution in [0.15, 0.2) is 30.6 Å². The van der Waals surface area contributed by atoms with Gasteiger partial charge in [-0.3, -0.25) is 15.5 Å². The highest BCUT2D eigenvalue weighted by Crippen LogP contribution is 2.50. The van der Waals surface area contributed by atoms with E-state index in [1.807, 2.05) is 12.4 Å². The molecule has 3 N–H and O–H groups in total. The van der Waals surface area contributed by atoms with E-state index in [0.29, 0.717) is 43.2 Å². The van der Waals surface area contributed by atoms with Gasteiger partial charge in [-0.2, -0.15) is 4.72 Å². The molecule has 10 nitrogen and oxygen atoms in total. The molecule has 258 valence electrons. The Labute approximate surface area is 281 Å². The number of anilines is 1. The lowest BCUT2D eigenvalue weighted by Gasteiger charge is -2.47. The smallest absolute Gasteiger partial charge is 0.216 e. The number of aryl methyl sites for hydroxylation is 2. The van der Waals surface area contributed by atoms with Crippen LogP contribution in [0.1, 0.15) is 101 Å². The SMILES string of the molecule is Cc1cccc(C)c1C1CC2NC(N1)NS(=O)(=O)C1CCCC(C1)CN(Cc1ncc(N3CC(C)(C)C3)cn1)[C@H](CC1(C)CC1)CO2. The Morgan fingerprint density at radius 3 is 2.40 bits per heavy atom. The number of nitrogens with one attached hydrogen (secondary N) is 3. The monoisotopic (exact) mass is 665 g/mol. The van der Waals surface area contributed by atoms with Crippen LogP contribution in [0.3, 0.4) is 0 Å². The first-order chi connectivity index (χ1) is 22.3. The molecule has 0 spiro atoms. The fraction of sp³-hybridized carbons (Fsp3) is 0.722. The van der Waals surface area contributed by atoms with Crippen molar-refractivity contribution < 1.29 is 13.2 Å². The topological polar surface area (TPSA) is 112 Å². The molecule has 2 saturated carbocycles. The molecule has 5 unspecified atom stereocenters. The molecule has 1 aromatic heterocycles. The average molecular weight is 666 g/mol.